The molecule has 3 aromatic rings. The lowest BCUT2D eigenvalue weighted by molar-refractivity contribution is -0.132. The Bertz CT molecular complexity index is 1510. The summed E-state index contributed by atoms with van der Waals surface area (Å²) >= 11 is 7.04. The number of carbonyl (C=O) groups is 3. The third-order valence-corrected chi connectivity index (χ3v) is 7.70. The van der Waals surface area contributed by atoms with Crippen molar-refractivity contribution in [2.24, 2.45) is 0 Å². The molecule has 2 atom stereocenters. The Kier molecular flexibility index (Phi) is 6.81. The van der Waals surface area contributed by atoms with Gasteiger partial charge in [-0.3, -0.25) is 14.5 Å². The van der Waals surface area contributed by atoms with Crippen LogP contribution in [0.3, 0.4) is 0 Å². The van der Waals surface area contributed by atoms with Crippen molar-refractivity contribution in [1.29, 1.82) is 0 Å². The zero-order valence-electron chi connectivity index (χ0n) is 20.6. The normalized spacial score (nSPS) is 19.8. The number of aryl methyl sites for hydroxylation is 1. The van der Waals surface area contributed by atoms with Gasteiger partial charge in [0.25, 0.3) is 5.78 Å². The van der Waals surface area contributed by atoms with Gasteiger partial charge in [-0.25, -0.2) is 9.78 Å². The molecule has 3 heterocycles. The summed E-state index contributed by atoms with van der Waals surface area (Å²) in [6, 6.07) is 10.8. The predicted molar refractivity (Wildman–Crippen MR) is 144 cm³/mol. The van der Waals surface area contributed by atoms with Crippen LogP contribution >= 0.6 is 22.9 Å². The van der Waals surface area contributed by atoms with E-state index in [4.69, 9.17) is 21.1 Å². The molecule has 2 aliphatic heterocycles. The minimum absolute atomic E-state index is 0.00236. The molecule has 1 N–H and O–H groups in total. The average molecular weight is 551 g/mol. The molecule has 5 rings (SSSR count). The van der Waals surface area contributed by atoms with E-state index in [-0.39, 0.29) is 34.1 Å². The first kappa shape index (κ1) is 25.7. The Hall–Kier alpha value is -3.95. The van der Waals surface area contributed by atoms with E-state index < -0.39 is 23.7 Å². The number of carbonyl (C=O) groups excluding carboxylic acids is 3. The van der Waals surface area contributed by atoms with Crippen molar-refractivity contribution in [3.8, 4) is 5.75 Å². The summed E-state index contributed by atoms with van der Waals surface area (Å²) in [4.78, 5) is 45.2. The van der Waals surface area contributed by atoms with Gasteiger partial charge in [0.15, 0.2) is 5.13 Å². The minimum Gasteiger partial charge on any atom is -0.507 e. The first-order valence-corrected chi connectivity index (χ1v) is 13.0. The molecule has 0 radical (unpaired) electrons. The number of halogens is 1. The number of esters is 1. The molecule has 1 fully saturated rings. The Morgan fingerprint density at radius 3 is 2.74 bits per heavy atom. The van der Waals surface area contributed by atoms with Crippen molar-refractivity contribution in [3.63, 3.8) is 0 Å². The molecule has 1 aromatic heterocycles. The van der Waals surface area contributed by atoms with Gasteiger partial charge < -0.3 is 14.6 Å². The quantitative estimate of drug-likeness (QED) is 0.144. The summed E-state index contributed by atoms with van der Waals surface area (Å²) in [6.07, 6.45) is 2.11. The molecule has 2 unspecified atom stereocenters. The van der Waals surface area contributed by atoms with Crippen LogP contribution in [0.15, 0.2) is 60.7 Å². The van der Waals surface area contributed by atoms with Gasteiger partial charge in [-0.05, 0) is 55.3 Å². The average Bonchev–Trinajstić information content (AvgIpc) is 3.54. The van der Waals surface area contributed by atoms with E-state index in [0.717, 1.165) is 22.6 Å². The summed E-state index contributed by atoms with van der Waals surface area (Å²) in [6.45, 7) is 7.12. The molecule has 0 bridgehead atoms. The number of aliphatic hydroxyl groups excluding tert-OH is 1. The maximum absolute atomic E-state index is 13.4. The lowest BCUT2D eigenvalue weighted by atomic mass is 9.94. The highest BCUT2D eigenvalue weighted by Gasteiger charge is 2.48. The summed E-state index contributed by atoms with van der Waals surface area (Å²) in [5, 5.41) is 12.0. The number of rotatable bonds is 6. The highest BCUT2D eigenvalue weighted by atomic mass is 35.5. The number of aromatic nitrogens is 1. The molecular weight excluding hydrogens is 528 g/mol. The first-order valence-electron chi connectivity index (χ1n) is 11.8. The molecule has 194 valence electrons. The van der Waals surface area contributed by atoms with E-state index in [2.05, 4.69) is 11.6 Å². The van der Waals surface area contributed by atoms with Gasteiger partial charge in [-0.1, -0.05) is 47.7 Å². The fraction of sp³-hybridized carbons (Fsp3) is 0.214. The second-order valence-corrected chi connectivity index (χ2v) is 10.4. The maximum atomic E-state index is 13.4. The summed E-state index contributed by atoms with van der Waals surface area (Å²) in [5.74, 6) is -1.94. The number of hydrogen-bond donors (Lipinski definition) is 1. The number of ketones is 1. The number of ether oxygens (including phenoxy) is 2. The van der Waals surface area contributed by atoms with Gasteiger partial charge in [0.2, 0.25) is 0 Å². The van der Waals surface area contributed by atoms with Crippen molar-refractivity contribution in [1.82, 2.24) is 4.98 Å². The Morgan fingerprint density at radius 1 is 1.29 bits per heavy atom. The smallest absolute Gasteiger partial charge is 0.350 e. The van der Waals surface area contributed by atoms with Crippen LogP contribution in [0.4, 0.5) is 5.13 Å². The number of thiazole rings is 1. The van der Waals surface area contributed by atoms with Gasteiger partial charge in [0.05, 0.1) is 17.3 Å². The molecule has 1 saturated heterocycles. The molecule has 1 amide bonds. The zero-order valence-corrected chi connectivity index (χ0v) is 22.1. The monoisotopic (exact) mass is 550 g/mol. The van der Waals surface area contributed by atoms with Crippen LogP contribution in [-0.2, 0) is 20.7 Å². The number of nitrogens with zero attached hydrogens (tertiary/aromatic N) is 2. The SMILES string of the molecule is C=CCOC(=O)c1sc(N2C(=O)C(=O)C(=C(O)c3ccc4c(c3)CC(C)O4)C2c2ccc(Cl)cc2)nc1C. The number of anilines is 1. The molecule has 38 heavy (non-hydrogen) atoms. The van der Waals surface area contributed by atoms with Crippen molar-refractivity contribution in [2.45, 2.75) is 32.4 Å². The van der Waals surface area contributed by atoms with Crippen LogP contribution in [0, 0.1) is 6.92 Å². The summed E-state index contributed by atoms with van der Waals surface area (Å²) < 4.78 is 10.9. The van der Waals surface area contributed by atoms with Crippen LogP contribution in [0.5, 0.6) is 5.75 Å². The van der Waals surface area contributed by atoms with Crippen LogP contribution in [0.1, 0.15) is 45.0 Å². The number of benzene rings is 2. The Morgan fingerprint density at radius 2 is 2.03 bits per heavy atom. The fourth-order valence-corrected chi connectivity index (χ4v) is 5.70. The number of fused-ring (bicyclic) bond motifs is 1. The molecule has 0 aliphatic carbocycles. The lowest BCUT2D eigenvalue weighted by Crippen LogP contribution is -2.29. The third kappa shape index (κ3) is 4.48. The lowest BCUT2D eigenvalue weighted by Gasteiger charge is -2.23. The molecule has 10 heteroatoms. The van der Waals surface area contributed by atoms with Gasteiger partial charge in [0.1, 0.15) is 29.1 Å². The van der Waals surface area contributed by atoms with Crippen LogP contribution < -0.4 is 9.64 Å². The number of hydrogen-bond acceptors (Lipinski definition) is 8. The fourth-order valence-electron chi connectivity index (χ4n) is 4.59. The van der Waals surface area contributed by atoms with Gasteiger partial charge in [-0.15, -0.1) is 0 Å². The van der Waals surface area contributed by atoms with Crippen molar-refractivity contribution in [2.75, 3.05) is 11.5 Å². The van der Waals surface area contributed by atoms with Crippen LogP contribution in [0.2, 0.25) is 5.02 Å². The summed E-state index contributed by atoms with van der Waals surface area (Å²) in [7, 11) is 0. The van der Waals surface area contributed by atoms with E-state index >= 15 is 0 Å². The van der Waals surface area contributed by atoms with Gasteiger partial charge in [-0.2, -0.15) is 0 Å². The van der Waals surface area contributed by atoms with Crippen LogP contribution in [0.25, 0.3) is 5.76 Å². The molecule has 2 aromatic carbocycles. The second kappa shape index (κ2) is 10.1. The molecule has 2 aliphatic rings. The molecular formula is C28H23ClN2O6S. The van der Waals surface area contributed by atoms with E-state index in [0.29, 0.717) is 28.3 Å². The molecule has 8 nitrogen and oxygen atoms in total. The number of aliphatic hydroxyl groups is 1. The van der Waals surface area contributed by atoms with Crippen molar-refractivity contribution in [3.05, 3.63) is 93.0 Å². The zero-order chi connectivity index (χ0) is 27.1. The van der Waals surface area contributed by atoms with E-state index in [1.165, 1.54) is 11.0 Å². The largest absolute Gasteiger partial charge is 0.507 e. The predicted octanol–water partition coefficient (Wildman–Crippen LogP) is 5.40. The molecule has 0 spiro atoms. The topological polar surface area (TPSA) is 106 Å². The number of amides is 1. The van der Waals surface area contributed by atoms with E-state index in [1.54, 1.807) is 49.4 Å². The highest BCUT2D eigenvalue weighted by molar-refractivity contribution is 7.17. The Labute approximate surface area is 227 Å². The summed E-state index contributed by atoms with van der Waals surface area (Å²) in [5.41, 5.74) is 2.09. The van der Waals surface area contributed by atoms with Gasteiger partial charge >= 0.3 is 11.9 Å². The van der Waals surface area contributed by atoms with Crippen molar-refractivity contribution >= 4 is 51.5 Å². The van der Waals surface area contributed by atoms with E-state index in [1.807, 2.05) is 6.92 Å². The first-order chi connectivity index (χ1) is 18.2. The maximum Gasteiger partial charge on any atom is 0.350 e. The molecule has 0 saturated carbocycles. The highest BCUT2D eigenvalue weighted by Crippen LogP contribution is 2.44. The van der Waals surface area contributed by atoms with E-state index in [9.17, 15) is 19.5 Å². The van der Waals surface area contributed by atoms with Gasteiger partial charge in [0, 0.05) is 17.0 Å². The standard InChI is InChI=1S/C28H23ClN2O6S/c1-4-11-36-27(35)25-15(3)30-28(38-25)31-22(16-5-8-19(29)9-6-16)21(24(33)26(31)34)23(32)17-7-10-20-18(13-17)12-14(2)37-20/h4-10,13-14,22,32H,1,11-12H2,2-3H3. The Balaban J connectivity index is 1.64. The second-order valence-electron chi connectivity index (χ2n) is 8.97. The van der Waals surface area contributed by atoms with Crippen molar-refractivity contribution < 1.29 is 29.0 Å². The third-order valence-electron chi connectivity index (χ3n) is 6.31. The minimum atomic E-state index is -1.00. The number of Topliss-reactive ketones (excluding diaryl/α,β-unsaturated/α-hetero) is 1. The van der Waals surface area contributed by atoms with Crippen LogP contribution in [-0.4, -0.2) is 40.5 Å².